The standard InChI is InChI=1S/C56H100N12O20/c1-50(2,3)83-44(73)63-41(64-45(74)84-51(4,5)6)60-26-23-57-38(70)20-29-80-34-56(32-37(69)33-79-19,35-81-30-21-39(71)58-24-27-61-42(65-46(75)85-52(7,8)9)66-47(76)86-53(10,11)12)36-82-31-22-40(72)59-25-28-62-43(67-48(77)87-54(13,14)15)68-49(78)88-55(16,17)18/h20-36H2,1-19H3,(H,57,70)(H,58,71)(H,59,72)(H2,60,63,64,73,74)(H2,61,65,66,75,76)(H2,62,67,68,77,78). The number of carbonyl (C=O) groups excluding carboxylic acids is 10. The van der Waals surface area contributed by atoms with E-state index in [9.17, 15) is 47.9 Å². The molecule has 0 atom stereocenters. The van der Waals surface area contributed by atoms with Gasteiger partial charge in [0.05, 0.1) is 59.3 Å². The molecule has 0 saturated heterocycles. The first-order chi connectivity index (χ1) is 40.4. The fourth-order valence-electron chi connectivity index (χ4n) is 6.36. The molecule has 88 heavy (non-hydrogen) atoms. The summed E-state index contributed by atoms with van der Waals surface area (Å²) in [5.41, 5.74) is -6.45. The van der Waals surface area contributed by atoms with E-state index in [0.29, 0.717) is 0 Å². The van der Waals surface area contributed by atoms with Crippen LogP contribution >= 0.6 is 0 Å². The molecule has 0 spiro atoms. The number of aliphatic imine (C=N–C) groups is 3. The van der Waals surface area contributed by atoms with Crippen molar-refractivity contribution in [1.82, 2.24) is 47.9 Å². The van der Waals surface area contributed by atoms with Gasteiger partial charge in [-0.2, -0.15) is 0 Å². The minimum absolute atomic E-state index is 0.0393. The van der Waals surface area contributed by atoms with Gasteiger partial charge in [0, 0.05) is 57.8 Å². The topological polar surface area (TPSA) is 408 Å². The Morgan fingerprint density at radius 3 is 0.750 bits per heavy atom. The second-order valence-electron chi connectivity index (χ2n) is 25.6. The molecule has 0 fully saturated rings. The highest BCUT2D eigenvalue weighted by Crippen LogP contribution is 2.26. The fraction of sp³-hybridized carbons (Fsp3) is 0.768. The zero-order valence-corrected chi connectivity index (χ0v) is 55.0. The lowest BCUT2D eigenvalue weighted by Crippen LogP contribution is -2.47. The molecule has 0 unspecified atom stereocenters. The van der Waals surface area contributed by atoms with Crippen LogP contribution in [0.4, 0.5) is 28.8 Å². The first-order valence-electron chi connectivity index (χ1n) is 28.5. The monoisotopic (exact) mass is 1260 g/mol. The van der Waals surface area contributed by atoms with Crippen molar-refractivity contribution in [3.63, 3.8) is 0 Å². The molecular weight excluding hydrogens is 1160 g/mol. The lowest BCUT2D eigenvalue weighted by molar-refractivity contribution is -0.135. The maximum Gasteiger partial charge on any atom is 0.414 e. The van der Waals surface area contributed by atoms with Crippen molar-refractivity contribution in [3.8, 4) is 0 Å². The number of ether oxygens (including phenoxy) is 10. The summed E-state index contributed by atoms with van der Waals surface area (Å²) in [4.78, 5) is 140. The Kier molecular flexibility index (Phi) is 35.5. The van der Waals surface area contributed by atoms with Crippen LogP contribution in [0.5, 0.6) is 0 Å². The van der Waals surface area contributed by atoms with Crippen molar-refractivity contribution < 1.29 is 95.3 Å². The van der Waals surface area contributed by atoms with E-state index < -0.39 is 93.3 Å². The average molecular weight is 1260 g/mol. The van der Waals surface area contributed by atoms with Crippen LogP contribution in [0.15, 0.2) is 15.0 Å². The van der Waals surface area contributed by atoms with E-state index in [4.69, 9.17) is 47.4 Å². The number of amides is 9. The minimum Gasteiger partial charge on any atom is -0.444 e. The number of nitrogens with zero attached hydrogens (tertiary/aromatic N) is 3. The van der Waals surface area contributed by atoms with Crippen LogP contribution in [0.1, 0.15) is 150 Å². The molecule has 9 N–H and O–H groups in total. The number of hydrogen-bond acceptors (Lipinski definition) is 23. The van der Waals surface area contributed by atoms with Gasteiger partial charge in [0.25, 0.3) is 0 Å². The summed E-state index contributed by atoms with van der Waals surface area (Å²) < 4.78 is 54.7. The van der Waals surface area contributed by atoms with Gasteiger partial charge in [-0.3, -0.25) is 66.1 Å². The Hall–Kier alpha value is -7.45. The largest absolute Gasteiger partial charge is 0.444 e. The second-order valence-corrected chi connectivity index (χ2v) is 25.6. The molecule has 504 valence electrons. The highest BCUT2D eigenvalue weighted by atomic mass is 16.6. The lowest BCUT2D eigenvalue weighted by atomic mass is 9.85. The Balaban J connectivity index is 6.26. The maximum atomic E-state index is 13.3. The number of rotatable bonds is 28. The molecule has 0 aliphatic heterocycles. The normalized spacial score (nSPS) is 11.9. The van der Waals surface area contributed by atoms with Gasteiger partial charge in [-0.25, -0.2) is 28.8 Å². The van der Waals surface area contributed by atoms with E-state index in [1.54, 1.807) is 125 Å². The molecule has 0 aliphatic rings. The molecule has 0 bridgehead atoms. The van der Waals surface area contributed by atoms with Crippen molar-refractivity contribution >= 4 is 77.9 Å². The number of Topliss-reactive ketones (excluding diaryl/α,β-unsaturated/α-hetero) is 1. The van der Waals surface area contributed by atoms with Gasteiger partial charge >= 0.3 is 36.6 Å². The van der Waals surface area contributed by atoms with Crippen molar-refractivity contribution in [2.24, 2.45) is 20.4 Å². The molecule has 0 aliphatic carbocycles. The Morgan fingerprint density at radius 1 is 0.341 bits per heavy atom. The summed E-state index contributed by atoms with van der Waals surface area (Å²) in [6, 6.07) is 0. The molecule has 0 radical (unpaired) electrons. The van der Waals surface area contributed by atoms with Crippen molar-refractivity contribution in [3.05, 3.63) is 0 Å². The quantitative estimate of drug-likeness (QED) is 0.0227. The molecule has 9 amide bonds. The molecule has 0 aromatic heterocycles. The number of nitrogens with one attached hydrogen (secondary N) is 9. The van der Waals surface area contributed by atoms with Gasteiger partial charge in [0.2, 0.25) is 35.6 Å². The van der Waals surface area contributed by atoms with E-state index in [0.717, 1.165) is 0 Å². The van der Waals surface area contributed by atoms with Gasteiger partial charge in [0.15, 0.2) is 5.78 Å². The van der Waals surface area contributed by atoms with Crippen molar-refractivity contribution in [2.45, 2.75) is 184 Å². The fourth-order valence-corrected chi connectivity index (χ4v) is 6.36. The van der Waals surface area contributed by atoms with E-state index >= 15 is 0 Å². The SMILES string of the molecule is COCC(=O)CC(COCCC(=O)NCCN=C(NC(=O)OC(C)(C)C)NC(=O)OC(C)(C)C)(COCCC(=O)NCCN=C(NC(=O)OC(C)(C)C)NC(=O)OC(C)(C)C)COCCC(=O)NCCN=C(NC(=O)OC(C)(C)C)NC(=O)OC(C)(C)C. The number of hydrogen-bond donors (Lipinski definition) is 9. The summed E-state index contributed by atoms with van der Waals surface area (Å²) in [5.74, 6) is -2.64. The van der Waals surface area contributed by atoms with Gasteiger partial charge in [-0.15, -0.1) is 0 Å². The summed E-state index contributed by atoms with van der Waals surface area (Å²) in [6.45, 7) is 27.8. The molecule has 32 heteroatoms. The van der Waals surface area contributed by atoms with Gasteiger partial charge in [0.1, 0.15) is 40.2 Å². The maximum absolute atomic E-state index is 13.3. The van der Waals surface area contributed by atoms with E-state index in [1.165, 1.54) is 7.11 Å². The lowest BCUT2D eigenvalue weighted by Gasteiger charge is -2.32. The first-order valence-corrected chi connectivity index (χ1v) is 28.5. The van der Waals surface area contributed by atoms with Crippen molar-refractivity contribution in [2.75, 3.05) is 92.6 Å². The average Bonchev–Trinajstić information content (AvgIpc) is 3.43. The van der Waals surface area contributed by atoms with E-state index in [1.807, 2.05) is 0 Å². The number of methoxy groups -OCH3 is 1. The van der Waals surface area contributed by atoms with Gasteiger partial charge in [-0.1, -0.05) is 0 Å². The van der Waals surface area contributed by atoms with Crippen LogP contribution in [-0.2, 0) is 66.5 Å². The van der Waals surface area contributed by atoms with E-state index in [2.05, 4.69) is 62.8 Å². The molecule has 0 saturated carbocycles. The number of carbonyl (C=O) groups is 10. The van der Waals surface area contributed by atoms with E-state index in [-0.39, 0.29) is 135 Å². The zero-order valence-electron chi connectivity index (χ0n) is 55.0. The highest BCUT2D eigenvalue weighted by Gasteiger charge is 2.35. The Labute approximate surface area is 516 Å². The highest BCUT2D eigenvalue weighted by molar-refractivity contribution is 6.03. The third-order valence-electron chi connectivity index (χ3n) is 9.35. The third kappa shape index (κ3) is 47.7. The van der Waals surface area contributed by atoms with Gasteiger partial charge in [-0.05, 0) is 125 Å². The molecule has 0 aromatic rings. The summed E-state index contributed by atoms with van der Waals surface area (Å²) in [6.07, 6.45) is -6.15. The van der Waals surface area contributed by atoms with Crippen LogP contribution in [0.3, 0.4) is 0 Å². The molecule has 0 rings (SSSR count). The van der Waals surface area contributed by atoms with Crippen LogP contribution in [0, 0.1) is 5.41 Å². The number of alkyl carbamates (subject to hydrolysis) is 6. The first kappa shape index (κ1) is 80.5. The third-order valence-corrected chi connectivity index (χ3v) is 9.35. The van der Waals surface area contributed by atoms with Crippen LogP contribution in [0.25, 0.3) is 0 Å². The molecule has 0 aromatic carbocycles. The number of guanidine groups is 3. The summed E-state index contributed by atoms with van der Waals surface area (Å²) in [7, 11) is 1.34. The van der Waals surface area contributed by atoms with Crippen molar-refractivity contribution in [1.29, 1.82) is 0 Å². The predicted octanol–water partition coefficient (Wildman–Crippen LogP) is 4.36. The molecule has 0 heterocycles. The summed E-state index contributed by atoms with van der Waals surface area (Å²) >= 11 is 0. The minimum atomic E-state index is -1.27. The summed E-state index contributed by atoms with van der Waals surface area (Å²) in [5, 5.41) is 22.1. The number of ketones is 1. The second kappa shape index (κ2) is 38.7. The molecule has 32 nitrogen and oxygen atoms in total. The molecular formula is C56H100N12O20. The zero-order chi connectivity index (χ0) is 67.6. The predicted molar refractivity (Wildman–Crippen MR) is 322 cm³/mol. The Morgan fingerprint density at radius 2 is 0.557 bits per heavy atom. The van der Waals surface area contributed by atoms with Crippen LogP contribution in [0.2, 0.25) is 0 Å². The van der Waals surface area contributed by atoms with Crippen LogP contribution in [-0.4, -0.2) is 204 Å². The smallest absolute Gasteiger partial charge is 0.414 e. The van der Waals surface area contributed by atoms with Gasteiger partial charge < -0.3 is 63.3 Å². The Bertz CT molecular complexity index is 2040. The van der Waals surface area contributed by atoms with Crippen LogP contribution < -0.4 is 47.9 Å².